The number of hydrogen-bond donors (Lipinski definition) is 1. The van der Waals surface area contributed by atoms with Crippen LogP contribution in [0.1, 0.15) is 32.3 Å². The lowest BCUT2D eigenvalue weighted by molar-refractivity contribution is 0.0287. The molecule has 23 heavy (non-hydrogen) atoms. The molecule has 1 aromatic carbocycles. The summed E-state index contributed by atoms with van der Waals surface area (Å²) in [6.07, 6.45) is -0.226. The Bertz CT molecular complexity index is 627. The monoisotopic (exact) mass is 382 g/mol. The fourth-order valence-corrected chi connectivity index (χ4v) is 3.84. The number of likely N-dealkylation sites (tertiary alicyclic amines) is 1. The lowest BCUT2D eigenvalue weighted by atomic mass is 9.84. The van der Waals surface area contributed by atoms with Crippen LogP contribution in [-0.4, -0.2) is 43.3 Å². The molecule has 2 aliphatic heterocycles. The van der Waals surface area contributed by atoms with Crippen LogP contribution in [0.25, 0.3) is 0 Å². The molecule has 3 rings (SSSR count). The van der Waals surface area contributed by atoms with Gasteiger partial charge in [-0.05, 0) is 38.5 Å². The molecule has 1 saturated heterocycles. The van der Waals surface area contributed by atoms with E-state index in [9.17, 15) is 4.79 Å². The number of hydrogen-bond acceptors (Lipinski definition) is 4. The predicted octanol–water partition coefficient (Wildman–Crippen LogP) is 3.83. The maximum absolute atomic E-state index is 12.4. The molecular weight excluding hydrogens is 360 g/mol. The molecule has 6 heteroatoms. The summed E-state index contributed by atoms with van der Waals surface area (Å²) in [5.41, 5.74) is 1.79. The van der Waals surface area contributed by atoms with E-state index in [4.69, 9.17) is 9.47 Å². The number of carbonyl (C=O) groups is 1. The van der Waals surface area contributed by atoms with Crippen LogP contribution < -0.4 is 10.1 Å². The number of benzene rings is 1. The van der Waals surface area contributed by atoms with E-state index in [1.165, 1.54) is 5.56 Å². The van der Waals surface area contributed by atoms with Crippen LogP contribution in [0.2, 0.25) is 0 Å². The molecule has 1 N–H and O–H groups in total. The third-order valence-corrected chi connectivity index (χ3v) is 4.81. The first-order chi connectivity index (χ1) is 10.8. The molecular formula is C17H23BrN2O3. The van der Waals surface area contributed by atoms with Gasteiger partial charge in [-0.25, -0.2) is 4.79 Å². The van der Waals surface area contributed by atoms with Crippen molar-refractivity contribution >= 4 is 27.7 Å². The maximum atomic E-state index is 12.4. The van der Waals surface area contributed by atoms with E-state index >= 15 is 0 Å². The van der Waals surface area contributed by atoms with Crippen molar-refractivity contribution in [1.29, 1.82) is 0 Å². The van der Waals surface area contributed by atoms with E-state index in [1.54, 1.807) is 7.11 Å². The Morgan fingerprint density at radius 1 is 1.35 bits per heavy atom. The van der Waals surface area contributed by atoms with Gasteiger partial charge in [0.25, 0.3) is 0 Å². The summed E-state index contributed by atoms with van der Waals surface area (Å²) in [5.74, 6) is 1.54. The molecule has 0 saturated carbocycles. The van der Waals surface area contributed by atoms with Crippen LogP contribution in [0.4, 0.5) is 10.5 Å². The molecule has 2 unspecified atom stereocenters. The van der Waals surface area contributed by atoms with Crippen molar-refractivity contribution in [3.8, 4) is 5.75 Å². The number of carbonyl (C=O) groups excluding carboxylic acids is 1. The zero-order valence-corrected chi connectivity index (χ0v) is 15.6. The van der Waals surface area contributed by atoms with E-state index in [0.29, 0.717) is 18.4 Å². The van der Waals surface area contributed by atoms with Gasteiger partial charge in [0.05, 0.1) is 12.8 Å². The summed E-state index contributed by atoms with van der Waals surface area (Å²) in [6.45, 7) is 7.94. The van der Waals surface area contributed by atoms with E-state index in [2.05, 4.69) is 27.3 Å². The number of rotatable bonds is 1. The van der Waals surface area contributed by atoms with Crippen molar-refractivity contribution in [1.82, 2.24) is 4.90 Å². The van der Waals surface area contributed by atoms with Gasteiger partial charge in [0, 0.05) is 35.9 Å². The number of ether oxygens (including phenoxy) is 2. The molecule has 0 radical (unpaired) electrons. The van der Waals surface area contributed by atoms with Crippen molar-refractivity contribution in [3.05, 3.63) is 22.2 Å². The minimum Gasteiger partial charge on any atom is -0.495 e. The third kappa shape index (κ3) is 3.27. The first-order valence-electron chi connectivity index (χ1n) is 7.87. The van der Waals surface area contributed by atoms with Crippen molar-refractivity contribution in [2.45, 2.75) is 32.3 Å². The van der Waals surface area contributed by atoms with Gasteiger partial charge in [-0.3, -0.25) is 0 Å². The SMILES string of the molecule is COc1cc(Br)cc2c1NCC1CN(C(=O)OC(C)(C)C)CC21. The largest absolute Gasteiger partial charge is 0.495 e. The quantitative estimate of drug-likeness (QED) is 0.801. The number of fused-ring (bicyclic) bond motifs is 3. The van der Waals surface area contributed by atoms with Gasteiger partial charge in [0.2, 0.25) is 0 Å². The van der Waals surface area contributed by atoms with Crippen molar-refractivity contribution in [3.63, 3.8) is 0 Å². The number of amides is 1. The van der Waals surface area contributed by atoms with Crippen LogP contribution in [-0.2, 0) is 4.74 Å². The lowest BCUT2D eigenvalue weighted by Gasteiger charge is -2.29. The molecule has 126 valence electrons. The minimum absolute atomic E-state index is 0.226. The molecule has 0 bridgehead atoms. The van der Waals surface area contributed by atoms with Crippen LogP contribution in [0, 0.1) is 5.92 Å². The average Bonchev–Trinajstić information content (AvgIpc) is 2.89. The standard InChI is InChI=1S/C17H23BrN2O3/c1-17(2,3)23-16(21)20-8-10-7-19-15-12(13(10)9-20)5-11(18)6-14(15)22-4/h5-6,10,13,19H,7-9H2,1-4H3. The summed E-state index contributed by atoms with van der Waals surface area (Å²) in [7, 11) is 1.68. The normalized spacial score (nSPS) is 22.9. The Kier molecular flexibility index (Phi) is 4.21. The second kappa shape index (κ2) is 5.89. The van der Waals surface area contributed by atoms with Gasteiger partial charge in [0.1, 0.15) is 11.4 Å². The summed E-state index contributed by atoms with van der Waals surface area (Å²) in [5, 5.41) is 3.46. The van der Waals surface area contributed by atoms with Crippen molar-refractivity contribution in [2.24, 2.45) is 5.92 Å². The lowest BCUT2D eigenvalue weighted by Crippen LogP contribution is -2.35. The van der Waals surface area contributed by atoms with Gasteiger partial charge in [0.15, 0.2) is 0 Å². The fourth-order valence-electron chi connectivity index (χ4n) is 3.38. The highest BCUT2D eigenvalue weighted by atomic mass is 79.9. The van der Waals surface area contributed by atoms with E-state index in [1.807, 2.05) is 31.7 Å². The van der Waals surface area contributed by atoms with Crippen molar-refractivity contribution < 1.29 is 14.3 Å². The second-order valence-corrected chi connectivity index (χ2v) is 8.12. The minimum atomic E-state index is -0.465. The van der Waals surface area contributed by atoms with Crippen LogP contribution in [0.5, 0.6) is 5.75 Å². The number of nitrogens with zero attached hydrogens (tertiary/aromatic N) is 1. The summed E-state index contributed by atoms with van der Waals surface area (Å²) in [4.78, 5) is 14.2. The first-order valence-corrected chi connectivity index (χ1v) is 8.67. The van der Waals surface area contributed by atoms with Gasteiger partial charge >= 0.3 is 6.09 Å². The van der Waals surface area contributed by atoms with Crippen LogP contribution in [0.15, 0.2) is 16.6 Å². The van der Waals surface area contributed by atoms with Crippen LogP contribution in [0.3, 0.4) is 0 Å². The Morgan fingerprint density at radius 2 is 2.09 bits per heavy atom. The van der Waals surface area contributed by atoms with Gasteiger partial charge in [-0.2, -0.15) is 0 Å². The molecule has 2 heterocycles. The second-order valence-electron chi connectivity index (χ2n) is 7.21. The molecule has 0 aromatic heterocycles. The zero-order chi connectivity index (χ0) is 16.8. The maximum Gasteiger partial charge on any atom is 0.410 e. The van der Waals surface area contributed by atoms with E-state index in [0.717, 1.165) is 29.0 Å². The smallest absolute Gasteiger partial charge is 0.410 e. The van der Waals surface area contributed by atoms with E-state index in [-0.39, 0.29) is 6.09 Å². The predicted molar refractivity (Wildman–Crippen MR) is 93.2 cm³/mol. The van der Waals surface area contributed by atoms with Gasteiger partial charge in [-0.1, -0.05) is 15.9 Å². The number of methoxy groups -OCH3 is 1. The summed E-state index contributed by atoms with van der Waals surface area (Å²) < 4.78 is 12.0. The molecule has 5 nitrogen and oxygen atoms in total. The Balaban J connectivity index is 1.84. The van der Waals surface area contributed by atoms with Gasteiger partial charge < -0.3 is 19.7 Å². The van der Waals surface area contributed by atoms with Crippen molar-refractivity contribution in [2.75, 3.05) is 32.1 Å². The molecule has 1 fully saturated rings. The van der Waals surface area contributed by atoms with Crippen LogP contribution >= 0.6 is 15.9 Å². The molecule has 0 spiro atoms. The van der Waals surface area contributed by atoms with E-state index < -0.39 is 5.60 Å². The highest BCUT2D eigenvalue weighted by Crippen LogP contribution is 2.45. The molecule has 2 atom stereocenters. The molecule has 1 amide bonds. The Labute approximate surface area is 145 Å². The Morgan fingerprint density at radius 3 is 2.74 bits per heavy atom. The number of nitrogens with one attached hydrogen (secondary N) is 1. The number of halogens is 1. The summed E-state index contributed by atoms with van der Waals surface area (Å²) in [6, 6.07) is 4.09. The highest BCUT2D eigenvalue weighted by Gasteiger charge is 2.41. The van der Waals surface area contributed by atoms with Gasteiger partial charge in [-0.15, -0.1) is 0 Å². The Hall–Kier alpha value is -1.43. The topological polar surface area (TPSA) is 50.8 Å². The average molecular weight is 383 g/mol. The highest BCUT2D eigenvalue weighted by molar-refractivity contribution is 9.10. The molecule has 0 aliphatic carbocycles. The molecule has 1 aromatic rings. The molecule has 2 aliphatic rings. The third-order valence-electron chi connectivity index (χ3n) is 4.35. The first kappa shape index (κ1) is 16.4. The summed E-state index contributed by atoms with van der Waals surface area (Å²) >= 11 is 3.55. The zero-order valence-electron chi connectivity index (χ0n) is 14.0. The number of anilines is 1. The fraction of sp³-hybridized carbons (Fsp3) is 0.588.